The van der Waals surface area contributed by atoms with Gasteiger partial charge in [0, 0.05) is 30.9 Å². The van der Waals surface area contributed by atoms with E-state index in [9.17, 15) is 4.79 Å². The molecular weight excluding hydrogens is 310 g/mol. The molecule has 1 fully saturated rings. The molecule has 2 aromatic rings. The lowest BCUT2D eigenvalue weighted by molar-refractivity contribution is 0.522. The Morgan fingerprint density at radius 3 is 3.14 bits per heavy atom. The highest BCUT2D eigenvalue weighted by molar-refractivity contribution is 7.19. The summed E-state index contributed by atoms with van der Waals surface area (Å²) in [4.78, 5) is 25.1. The van der Waals surface area contributed by atoms with Crippen LogP contribution in [0.1, 0.15) is 18.5 Å². The van der Waals surface area contributed by atoms with Crippen molar-refractivity contribution in [2.45, 2.75) is 25.8 Å². The topological polar surface area (TPSA) is 73.9 Å². The fourth-order valence-electron chi connectivity index (χ4n) is 2.50. The van der Waals surface area contributed by atoms with Gasteiger partial charge in [-0.15, -0.1) is 0 Å². The highest BCUT2D eigenvalue weighted by Crippen LogP contribution is 2.25. The SMILES string of the molecule is Cc1cc(=O)[nH]c(N2CCCC(Nc3ncc(Cl)s3)C2)n1. The quantitative estimate of drug-likeness (QED) is 0.905. The molecule has 0 radical (unpaired) electrons. The molecule has 1 aliphatic heterocycles. The average Bonchev–Trinajstić information content (AvgIpc) is 2.83. The monoisotopic (exact) mass is 325 g/mol. The number of piperidine rings is 1. The summed E-state index contributed by atoms with van der Waals surface area (Å²) in [6.45, 7) is 3.50. The molecule has 1 atom stereocenters. The van der Waals surface area contributed by atoms with Crippen molar-refractivity contribution in [1.82, 2.24) is 15.0 Å². The minimum absolute atomic E-state index is 0.112. The van der Waals surface area contributed by atoms with Crippen LogP contribution in [0, 0.1) is 6.92 Å². The number of rotatable bonds is 3. The Balaban J connectivity index is 1.71. The van der Waals surface area contributed by atoms with Crippen LogP contribution < -0.4 is 15.8 Å². The Bertz CT molecular complexity index is 685. The first-order valence-corrected chi connectivity index (χ1v) is 8.00. The summed E-state index contributed by atoms with van der Waals surface area (Å²) < 4.78 is 0.676. The molecule has 2 N–H and O–H groups in total. The molecular formula is C13H16ClN5OS. The number of hydrogen-bond acceptors (Lipinski definition) is 6. The molecule has 1 aliphatic rings. The lowest BCUT2D eigenvalue weighted by Crippen LogP contribution is -2.43. The molecule has 0 aromatic carbocycles. The molecule has 0 aliphatic carbocycles. The predicted molar refractivity (Wildman–Crippen MR) is 85.6 cm³/mol. The van der Waals surface area contributed by atoms with E-state index in [4.69, 9.17) is 11.6 Å². The molecule has 6 nitrogen and oxygen atoms in total. The Labute approximate surface area is 131 Å². The Morgan fingerprint density at radius 1 is 1.57 bits per heavy atom. The van der Waals surface area contributed by atoms with Crippen LogP contribution in [0.25, 0.3) is 0 Å². The number of aryl methyl sites for hydroxylation is 1. The summed E-state index contributed by atoms with van der Waals surface area (Å²) >= 11 is 7.33. The van der Waals surface area contributed by atoms with Gasteiger partial charge in [0.15, 0.2) is 5.13 Å². The van der Waals surface area contributed by atoms with E-state index in [0.717, 1.165) is 36.8 Å². The van der Waals surface area contributed by atoms with E-state index in [2.05, 4.69) is 25.2 Å². The van der Waals surface area contributed by atoms with Crippen LogP contribution in [0.15, 0.2) is 17.1 Å². The van der Waals surface area contributed by atoms with Crippen LogP contribution in [-0.2, 0) is 0 Å². The smallest absolute Gasteiger partial charge is 0.252 e. The molecule has 0 spiro atoms. The first kappa shape index (κ1) is 14.3. The summed E-state index contributed by atoms with van der Waals surface area (Å²) in [6.07, 6.45) is 3.74. The lowest BCUT2D eigenvalue weighted by Gasteiger charge is -2.33. The van der Waals surface area contributed by atoms with Crippen molar-refractivity contribution in [3.05, 3.63) is 32.6 Å². The van der Waals surface area contributed by atoms with Crippen LogP contribution in [-0.4, -0.2) is 34.1 Å². The fourth-order valence-corrected chi connectivity index (χ4v) is 3.39. The van der Waals surface area contributed by atoms with E-state index < -0.39 is 0 Å². The van der Waals surface area contributed by atoms with E-state index in [1.165, 1.54) is 17.4 Å². The molecule has 21 heavy (non-hydrogen) atoms. The van der Waals surface area contributed by atoms with Crippen molar-refractivity contribution in [1.29, 1.82) is 0 Å². The third-order valence-electron chi connectivity index (χ3n) is 3.38. The summed E-state index contributed by atoms with van der Waals surface area (Å²) in [5.41, 5.74) is 0.620. The number of anilines is 2. The standard InChI is InChI=1S/C13H16ClN5OS/c1-8-5-11(20)18-12(16-8)19-4-2-3-9(7-19)17-13-15-6-10(14)21-13/h5-6,9H,2-4,7H2,1H3,(H,15,17)(H,16,18,20). The summed E-state index contributed by atoms with van der Waals surface area (Å²) in [5, 5.41) is 4.22. The summed E-state index contributed by atoms with van der Waals surface area (Å²) in [6, 6.07) is 1.77. The molecule has 8 heteroatoms. The molecule has 3 heterocycles. The second-order valence-corrected chi connectivity index (χ2v) is 6.77. The van der Waals surface area contributed by atoms with Gasteiger partial charge in [-0.3, -0.25) is 9.78 Å². The van der Waals surface area contributed by atoms with E-state index in [-0.39, 0.29) is 11.6 Å². The van der Waals surface area contributed by atoms with E-state index in [1.807, 2.05) is 6.92 Å². The minimum Gasteiger partial charge on any atom is -0.357 e. The highest BCUT2D eigenvalue weighted by atomic mass is 35.5. The molecule has 1 saturated heterocycles. The lowest BCUT2D eigenvalue weighted by atomic mass is 10.1. The Hall–Kier alpha value is -1.60. The number of hydrogen-bond donors (Lipinski definition) is 2. The average molecular weight is 326 g/mol. The molecule has 0 saturated carbocycles. The van der Waals surface area contributed by atoms with Gasteiger partial charge >= 0.3 is 0 Å². The largest absolute Gasteiger partial charge is 0.357 e. The van der Waals surface area contributed by atoms with Gasteiger partial charge in [-0.25, -0.2) is 9.97 Å². The van der Waals surface area contributed by atoms with Crippen LogP contribution in [0.3, 0.4) is 0 Å². The number of aromatic nitrogens is 3. The zero-order chi connectivity index (χ0) is 14.8. The Kier molecular flexibility index (Phi) is 4.12. The van der Waals surface area contributed by atoms with E-state index in [0.29, 0.717) is 10.3 Å². The molecule has 2 aromatic heterocycles. The summed E-state index contributed by atoms with van der Waals surface area (Å²) in [5.74, 6) is 0.642. The van der Waals surface area contributed by atoms with Gasteiger partial charge in [0.2, 0.25) is 5.95 Å². The van der Waals surface area contributed by atoms with Crippen molar-refractivity contribution in [3.63, 3.8) is 0 Å². The van der Waals surface area contributed by atoms with Gasteiger partial charge in [-0.05, 0) is 19.8 Å². The Morgan fingerprint density at radius 2 is 2.43 bits per heavy atom. The van der Waals surface area contributed by atoms with Crippen LogP contribution in [0.5, 0.6) is 0 Å². The highest BCUT2D eigenvalue weighted by Gasteiger charge is 2.22. The molecule has 1 unspecified atom stereocenters. The maximum atomic E-state index is 11.6. The number of aromatic amines is 1. The van der Waals surface area contributed by atoms with Crippen molar-refractivity contribution in [3.8, 4) is 0 Å². The zero-order valence-electron chi connectivity index (χ0n) is 11.6. The van der Waals surface area contributed by atoms with Crippen molar-refractivity contribution in [2.75, 3.05) is 23.3 Å². The van der Waals surface area contributed by atoms with E-state index >= 15 is 0 Å². The summed E-state index contributed by atoms with van der Waals surface area (Å²) in [7, 11) is 0. The number of thiazole rings is 1. The van der Waals surface area contributed by atoms with Gasteiger partial charge < -0.3 is 10.2 Å². The third kappa shape index (κ3) is 3.54. The van der Waals surface area contributed by atoms with Gasteiger partial charge in [-0.1, -0.05) is 22.9 Å². The molecule has 0 bridgehead atoms. The van der Waals surface area contributed by atoms with Crippen LogP contribution in [0.4, 0.5) is 11.1 Å². The zero-order valence-corrected chi connectivity index (χ0v) is 13.2. The maximum absolute atomic E-state index is 11.6. The van der Waals surface area contributed by atoms with Crippen LogP contribution in [0.2, 0.25) is 4.34 Å². The second kappa shape index (κ2) is 6.03. The predicted octanol–water partition coefficient (Wildman–Crippen LogP) is 2.27. The minimum atomic E-state index is -0.112. The number of nitrogens with one attached hydrogen (secondary N) is 2. The van der Waals surface area contributed by atoms with Gasteiger partial charge in [0.1, 0.15) is 4.34 Å². The molecule has 0 amide bonds. The number of nitrogens with zero attached hydrogens (tertiary/aromatic N) is 3. The molecule has 112 valence electrons. The van der Waals surface area contributed by atoms with Gasteiger partial charge in [0.05, 0.1) is 6.20 Å². The maximum Gasteiger partial charge on any atom is 0.252 e. The van der Waals surface area contributed by atoms with Gasteiger partial charge in [0.25, 0.3) is 5.56 Å². The first-order valence-electron chi connectivity index (χ1n) is 6.81. The van der Waals surface area contributed by atoms with Crippen molar-refractivity contribution in [2.24, 2.45) is 0 Å². The number of H-pyrrole nitrogens is 1. The fraction of sp³-hybridized carbons (Fsp3) is 0.462. The second-order valence-electron chi connectivity index (χ2n) is 5.11. The van der Waals surface area contributed by atoms with Crippen molar-refractivity contribution >= 4 is 34.0 Å². The van der Waals surface area contributed by atoms with E-state index in [1.54, 1.807) is 6.20 Å². The number of halogens is 1. The van der Waals surface area contributed by atoms with Crippen LogP contribution >= 0.6 is 22.9 Å². The third-order valence-corrected chi connectivity index (χ3v) is 4.43. The normalized spacial score (nSPS) is 18.8. The first-order chi connectivity index (χ1) is 10.1. The molecule has 3 rings (SSSR count). The van der Waals surface area contributed by atoms with Gasteiger partial charge in [-0.2, -0.15) is 0 Å². The van der Waals surface area contributed by atoms with Crippen molar-refractivity contribution < 1.29 is 0 Å².